The monoisotopic (exact) mass is 328 g/mol. The lowest BCUT2D eigenvalue weighted by atomic mass is 10.2. The van der Waals surface area contributed by atoms with Crippen LogP contribution in [0.15, 0.2) is 23.1 Å². The van der Waals surface area contributed by atoms with E-state index >= 15 is 0 Å². The fourth-order valence-electron chi connectivity index (χ4n) is 2.17. The third-order valence-corrected chi connectivity index (χ3v) is 6.42. The van der Waals surface area contributed by atoms with E-state index in [0.29, 0.717) is 6.54 Å². The Kier molecular flexibility index (Phi) is 5.27. The van der Waals surface area contributed by atoms with Gasteiger partial charge in [0.2, 0.25) is 10.0 Å². The Balaban J connectivity index is 2.49. The second kappa shape index (κ2) is 6.79. The minimum atomic E-state index is -3.68. The topological polar surface area (TPSA) is 63.4 Å². The highest BCUT2D eigenvalue weighted by Gasteiger charge is 2.32. The number of sulfonamides is 1. The highest BCUT2D eigenvalue weighted by atomic mass is 32.2. The molecule has 1 aromatic carbocycles. The summed E-state index contributed by atoms with van der Waals surface area (Å²) in [5.41, 5.74) is 5.47. The lowest BCUT2D eigenvalue weighted by molar-refractivity contribution is 0.367. The molecule has 7 heteroatoms. The lowest BCUT2D eigenvalue weighted by Crippen LogP contribution is -2.44. The van der Waals surface area contributed by atoms with Crippen LogP contribution in [-0.2, 0) is 10.0 Å². The van der Waals surface area contributed by atoms with Crippen molar-refractivity contribution in [3.8, 4) is 11.8 Å². The van der Waals surface area contributed by atoms with Crippen molar-refractivity contribution in [1.82, 2.24) is 4.31 Å². The van der Waals surface area contributed by atoms with E-state index in [9.17, 15) is 12.8 Å². The summed E-state index contributed by atoms with van der Waals surface area (Å²) in [5, 5.41) is 0. The van der Waals surface area contributed by atoms with E-state index in [-0.39, 0.29) is 23.0 Å². The van der Waals surface area contributed by atoms with Gasteiger partial charge in [0.05, 0.1) is 11.4 Å². The Morgan fingerprint density at radius 2 is 2.29 bits per heavy atom. The molecule has 2 rings (SSSR count). The lowest BCUT2D eigenvalue weighted by Gasteiger charge is -2.32. The molecular weight excluding hydrogens is 311 g/mol. The zero-order chi connectivity index (χ0) is 15.5. The van der Waals surface area contributed by atoms with Crippen LogP contribution in [0.2, 0.25) is 0 Å². The van der Waals surface area contributed by atoms with Crippen molar-refractivity contribution in [2.24, 2.45) is 5.73 Å². The van der Waals surface area contributed by atoms with Gasteiger partial charge in [0.15, 0.2) is 0 Å². The SMILES string of the molecule is CC1CSCCN1S(=O)(=O)c1ccc(F)cc1C#CCN. The van der Waals surface area contributed by atoms with Crippen LogP contribution in [-0.4, -0.2) is 43.4 Å². The number of halogens is 1. The second-order valence-corrected chi connectivity index (χ2v) is 7.69. The zero-order valence-electron chi connectivity index (χ0n) is 11.7. The first-order valence-corrected chi connectivity index (χ1v) is 9.14. The minimum Gasteiger partial charge on any atom is -0.320 e. The fourth-order valence-corrected chi connectivity index (χ4v) is 5.15. The molecule has 0 aromatic heterocycles. The molecule has 1 aliphatic rings. The maximum absolute atomic E-state index is 13.4. The summed E-state index contributed by atoms with van der Waals surface area (Å²) < 4.78 is 40.4. The molecule has 0 saturated carbocycles. The molecule has 0 aliphatic carbocycles. The van der Waals surface area contributed by atoms with Gasteiger partial charge >= 0.3 is 0 Å². The predicted octanol–water partition coefficient (Wildman–Crippen LogP) is 1.26. The highest BCUT2D eigenvalue weighted by molar-refractivity contribution is 7.99. The number of nitrogens with two attached hydrogens (primary N) is 1. The van der Waals surface area contributed by atoms with Crippen molar-refractivity contribution in [1.29, 1.82) is 0 Å². The van der Waals surface area contributed by atoms with Crippen molar-refractivity contribution in [2.75, 3.05) is 24.6 Å². The first kappa shape index (κ1) is 16.3. The maximum atomic E-state index is 13.4. The summed E-state index contributed by atoms with van der Waals surface area (Å²) in [6.07, 6.45) is 0. The van der Waals surface area contributed by atoms with Gasteiger partial charge in [0.1, 0.15) is 5.82 Å². The van der Waals surface area contributed by atoms with Crippen molar-refractivity contribution in [3.63, 3.8) is 0 Å². The van der Waals surface area contributed by atoms with Gasteiger partial charge in [-0.2, -0.15) is 16.1 Å². The third kappa shape index (κ3) is 3.58. The van der Waals surface area contributed by atoms with Crippen LogP contribution in [0.5, 0.6) is 0 Å². The van der Waals surface area contributed by atoms with Crippen molar-refractivity contribution < 1.29 is 12.8 Å². The molecular formula is C14H17FN2O2S2. The van der Waals surface area contributed by atoms with Gasteiger partial charge in [-0.3, -0.25) is 0 Å². The summed E-state index contributed by atoms with van der Waals surface area (Å²) in [6.45, 7) is 2.42. The highest BCUT2D eigenvalue weighted by Crippen LogP contribution is 2.26. The van der Waals surface area contributed by atoms with Crippen LogP contribution in [0.1, 0.15) is 12.5 Å². The van der Waals surface area contributed by atoms with Gasteiger partial charge in [-0.25, -0.2) is 12.8 Å². The molecule has 1 unspecified atom stereocenters. The average Bonchev–Trinajstić information content (AvgIpc) is 2.45. The molecule has 1 atom stereocenters. The smallest absolute Gasteiger partial charge is 0.244 e. The summed E-state index contributed by atoms with van der Waals surface area (Å²) >= 11 is 1.73. The van der Waals surface area contributed by atoms with E-state index in [1.807, 2.05) is 6.92 Å². The molecule has 0 bridgehead atoms. The Bertz CT molecular complexity index is 680. The van der Waals surface area contributed by atoms with Crippen LogP contribution in [0.25, 0.3) is 0 Å². The number of thioether (sulfide) groups is 1. The summed E-state index contributed by atoms with van der Waals surface area (Å²) in [6, 6.07) is 3.47. The summed E-state index contributed by atoms with van der Waals surface area (Å²) in [5.74, 6) is 6.23. The molecule has 1 aromatic rings. The first-order valence-electron chi connectivity index (χ1n) is 6.55. The zero-order valence-corrected chi connectivity index (χ0v) is 13.3. The van der Waals surface area contributed by atoms with Crippen molar-refractivity contribution in [2.45, 2.75) is 17.9 Å². The number of hydrogen-bond donors (Lipinski definition) is 1. The number of hydrogen-bond acceptors (Lipinski definition) is 4. The van der Waals surface area contributed by atoms with Crippen LogP contribution in [0.3, 0.4) is 0 Å². The van der Waals surface area contributed by atoms with Crippen molar-refractivity contribution in [3.05, 3.63) is 29.6 Å². The van der Waals surface area contributed by atoms with Gasteiger partial charge in [-0.15, -0.1) is 0 Å². The molecule has 21 heavy (non-hydrogen) atoms. The van der Waals surface area contributed by atoms with Crippen molar-refractivity contribution >= 4 is 21.8 Å². The Labute approximate surface area is 128 Å². The standard InChI is InChI=1S/C14H17FN2O2S2/c1-11-10-20-8-7-17(11)21(18,19)14-5-4-13(15)9-12(14)3-2-6-16/h4-5,9,11H,6-8,10,16H2,1H3. The molecule has 2 N–H and O–H groups in total. The molecule has 1 aliphatic heterocycles. The van der Waals surface area contributed by atoms with Gasteiger partial charge in [-0.1, -0.05) is 11.8 Å². The van der Waals surface area contributed by atoms with E-state index in [2.05, 4.69) is 11.8 Å². The maximum Gasteiger partial charge on any atom is 0.244 e. The fraction of sp³-hybridized carbons (Fsp3) is 0.429. The van der Waals surface area contributed by atoms with E-state index in [1.54, 1.807) is 11.8 Å². The van der Waals surface area contributed by atoms with Crippen LogP contribution in [0, 0.1) is 17.7 Å². The second-order valence-electron chi connectivity index (χ2n) is 4.69. The average molecular weight is 328 g/mol. The minimum absolute atomic E-state index is 0.0450. The van der Waals surface area contributed by atoms with Crippen LogP contribution >= 0.6 is 11.8 Å². The van der Waals surface area contributed by atoms with Gasteiger partial charge in [0, 0.05) is 29.7 Å². The Morgan fingerprint density at radius 1 is 1.52 bits per heavy atom. The van der Waals surface area contributed by atoms with Gasteiger partial charge in [0.25, 0.3) is 0 Å². The van der Waals surface area contributed by atoms with E-state index in [1.165, 1.54) is 10.4 Å². The largest absolute Gasteiger partial charge is 0.320 e. The number of nitrogens with zero attached hydrogens (tertiary/aromatic N) is 1. The normalized spacial score (nSPS) is 19.9. The molecule has 0 amide bonds. The van der Waals surface area contributed by atoms with Crippen LogP contribution in [0.4, 0.5) is 4.39 Å². The molecule has 0 radical (unpaired) electrons. The van der Waals surface area contributed by atoms with Crippen LogP contribution < -0.4 is 5.73 Å². The summed E-state index contributed by atoms with van der Waals surface area (Å²) in [7, 11) is -3.68. The molecule has 4 nitrogen and oxygen atoms in total. The number of benzene rings is 1. The van der Waals surface area contributed by atoms with Gasteiger partial charge < -0.3 is 5.73 Å². The molecule has 1 fully saturated rings. The van der Waals surface area contributed by atoms with E-state index < -0.39 is 15.8 Å². The first-order chi connectivity index (χ1) is 9.96. The quantitative estimate of drug-likeness (QED) is 0.830. The van der Waals surface area contributed by atoms with E-state index in [0.717, 1.165) is 23.6 Å². The number of rotatable bonds is 2. The molecule has 114 valence electrons. The van der Waals surface area contributed by atoms with Gasteiger partial charge in [-0.05, 0) is 25.1 Å². The van der Waals surface area contributed by atoms with E-state index in [4.69, 9.17) is 5.73 Å². The molecule has 1 heterocycles. The Hall–Kier alpha value is -1.07. The third-order valence-electron chi connectivity index (χ3n) is 3.16. The summed E-state index contributed by atoms with van der Waals surface area (Å²) in [4.78, 5) is 0.0450. The predicted molar refractivity (Wildman–Crippen MR) is 83.0 cm³/mol. The Morgan fingerprint density at radius 3 is 2.95 bits per heavy atom. The molecule has 0 spiro atoms. The molecule has 1 saturated heterocycles.